The Kier molecular flexibility index (Phi) is 7.56. The Bertz CT molecular complexity index is 510. The molecule has 0 fully saturated rings. The molecular formula is C15H25NO3S2. The molecule has 120 valence electrons. The first-order valence-electron chi connectivity index (χ1n) is 7.29. The Morgan fingerprint density at radius 3 is 2.33 bits per heavy atom. The van der Waals surface area contributed by atoms with E-state index in [-0.39, 0.29) is 10.9 Å². The number of ether oxygens (including phenoxy) is 1. The summed E-state index contributed by atoms with van der Waals surface area (Å²) < 4.78 is 32.0. The first-order valence-corrected chi connectivity index (χ1v) is 9.36. The van der Waals surface area contributed by atoms with Crippen LogP contribution < -0.4 is 4.74 Å². The van der Waals surface area contributed by atoms with Gasteiger partial charge in [-0.2, -0.15) is 16.9 Å². The normalized spacial score (nSPS) is 13.4. The second kappa shape index (κ2) is 8.66. The van der Waals surface area contributed by atoms with Crippen molar-refractivity contribution in [2.75, 3.05) is 19.4 Å². The number of thiol groups is 1. The number of sulfonamides is 1. The van der Waals surface area contributed by atoms with Gasteiger partial charge in [-0.25, -0.2) is 8.42 Å². The van der Waals surface area contributed by atoms with E-state index in [0.717, 1.165) is 19.3 Å². The fraction of sp³-hybridized carbons (Fsp3) is 0.600. The SMILES string of the molecule is CCCCOc1ccc(S(=O)(=O)N(C)[C@H](CC)CS)cc1. The lowest BCUT2D eigenvalue weighted by molar-refractivity contribution is 0.309. The maximum atomic E-state index is 12.5. The van der Waals surface area contributed by atoms with Crippen molar-refractivity contribution < 1.29 is 13.2 Å². The number of hydrogen-bond acceptors (Lipinski definition) is 4. The third kappa shape index (κ3) is 4.90. The molecule has 0 aliphatic heterocycles. The molecule has 1 rings (SSSR count). The van der Waals surface area contributed by atoms with Gasteiger partial charge in [-0.05, 0) is 37.1 Å². The molecule has 0 saturated heterocycles. The third-order valence-electron chi connectivity index (χ3n) is 3.46. The minimum absolute atomic E-state index is 0.0983. The van der Waals surface area contributed by atoms with E-state index in [1.165, 1.54) is 4.31 Å². The van der Waals surface area contributed by atoms with Crippen LogP contribution in [0.5, 0.6) is 5.75 Å². The summed E-state index contributed by atoms with van der Waals surface area (Å²) in [5.41, 5.74) is 0. The van der Waals surface area contributed by atoms with Crippen molar-refractivity contribution in [1.29, 1.82) is 0 Å². The van der Waals surface area contributed by atoms with Crippen LogP contribution in [0, 0.1) is 0 Å². The molecule has 0 bridgehead atoms. The molecule has 1 aromatic rings. The Balaban J connectivity index is 2.84. The second-order valence-electron chi connectivity index (χ2n) is 4.94. The van der Waals surface area contributed by atoms with Crippen molar-refractivity contribution in [1.82, 2.24) is 4.31 Å². The fourth-order valence-corrected chi connectivity index (χ4v) is 3.95. The molecule has 0 radical (unpaired) electrons. The maximum Gasteiger partial charge on any atom is 0.243 e. The van der Waals surface area contributed by atoms with Gasteiger partial charge in [0.05, 0.1) is 11.5 Å². The summed E-state index contributed by atoms with van der Waals surface area (Å²) >= 11 is 4.22. The molecule has 0 unspecified atom stereocenters. The highest BCUT2D eigenvalue weighted by Crippen LogP contribution is 2.21. The average molecular weight is 332 g/mol. The van der Waals surface area contributed by atoms with Crippen LogP contribution in [0.4, 0.5) is 0 Å². The third-order valence-corrected chi connectivity index (χ3v) is 5.81. The number of hydrogen-bond donors (Lipinski definition) is 1. The lowest BCUT2D eigenvalue weighted by Crippen LogP contribution is -2.37. The van der Waals surface area contributed by atoms with E-state index >= 15 is 0 Å². The van der Waals surface area contributed by atoms with Gasteiger partial charge in [0.2, 0.25) is 10.0 Å². The standard InChI is InChI=1S/C15H25NO3S2/c1-4-6-11-19-14-7-9-15(10-8-14)21(17,18)16(3)13(5-2)12-20/h7-10,13,20H,4-6,11-12H2,1-3H3/t13-/m1/s1. The monoisotopic (exact) mass is 331 g/mol. The van der Waals surface area contributed by atoms with Gasteiger partial charge in [0.1, 0.15) is 5.75 Å². The number of unbranched alkanes of at least 4 members (excludes halogenated alkanes) is 1. The molecule has 21 heavy (non-hydrogen) atoms. The smallest absolute Gasteiger partial charge is 0.243 e. The average Bonchev–Trinajstić information content (AvgIpc) is 2.49. The van der Waals surface area contributed by atoms with E-state index in [0.29, 0.717) is 18.1 Å². The van der Waals surface area contributed by atoms with Crippen LogP contribution in [-0.2, 0) is 10.0 Å². The highest BCUT2D eigenvalue weighted by Gasteiger charge is 2.26. The van der Waals surface area contributed by atoms with Gasteiger partial charge in [0.15, 0.2) is 0 Å². The zero-order valence-electron chi connectivity index (χ0n) is 12.9. The molecule has 1 aromatic carbocycles. The Hall–Kier alpha value is -0.720. The highest BCUT2D eigenvalue weighted by atomic mass is 32.2. The minimum Gasteiger partial charge on any atom is -0.494 e. The van der Waals surface area contributed by atoms with Crippen molar-refractivity contribution >= 4 is 22.7 Å². The molecule has 0 aromatic heterocycles. The molecule has 0 heterocycles. The van der Waals surface area contributed by atoms with Crippen LogP contribution in [0.1, 0.15) is 33.1 Å². The molecule has 0 saturated carbocycles. The number of benzene rings is 1. The lowest BCUT2D eigenvalue weighted by atomic mass is 10.3. The zero-order valence-corrected chi connectivity index (χ0v) is 14.7. The van der Waals surface area contributed by atoms with E-state index in [1.807, 2.05) is 6.92 Å². The summed E-state index contributed by atoms with van der Waals surface area (Å²) in [6.07, 6.45) is 2.79. The van der Waals surface area contributed by atoms with Gasteiger partial charge in [0.25, 0.3) is 0 Å². The molecule has 4 nitrogen and oxygen atoms in total. The molecule has 6 heteroatoms. The predicted octanol–water partition coefficient (Wildman–Crippen LogP) is 3.19. The van der Waals surface area contributed by atoms with Gasteiger partial charge in [-0.3, -0.25) is 0 Å². The minimum atomic E-state index is -3.48. The lowest BCUT2D eigenvalue weighted by Gasteiger charge is -2.25. The Morgan fingerprint density at radius 1 is 1.24 bits per heavy atom. The maximum absolute atomic E-state index is 12.5. The van der Waals surface area contributed by atoms with Gasteiger partial charge in [-0.15, -0.1) is 0 Å². The van der Waals surface area contributed by atoms with E-state index in [9.17, 15) is 8.42 Å². The van der Waals surface area contributed by atoms with Crippen LogP contribution in [-0.4, -0.2) is 38.2 Å². The largest absolute Gasteiger partial charge is 0.494 e. The summed E-state index contributed by atoms with van der Waals surface area (Å²) in [4.78, 5) is 0.285. The topological polar surface area (TPSA) is 46.6 Å². The van der Waals surface area contributed by atoms with E-state index in [1.54, 1.807) is 31.3 Å². The molecule has 0 aliphatic carbocycles. The molecular weight excluding hydrogens is 306 g/mol. The van der Waals surface area contributed by atoms with Crippen LogP contribution in [0.2, 0.25) is 0 Å². The fourth-order valence-electron chi connectivity index (χ4n) is 1.91. The quantitative estimate of drug-likeness (QED) is 0.558. The van der Waals surface area contributed by atoms with Crippen molar-refractivity contribution in [3.05, 3.63) is 24.3 Å². The van der Waals surface area contributed by atoms with E-state index in [2.05, 4.69) is 19.6 Å². The van der Waals surface area contributed by atoms with Gasteiger partial charge < -0.3 is 4.74 Å². The van der Waals surface area contributed by atoms with Crippen LogP contribution >= 0.6 is 12.6 Å². The van der Waals surface area contributed by atoms with Gasteiger partial charge in [-0.1, -0.05) is 20.3 Å². The van der Waals surface area contributed by atoms with E-state index < -0.39 is 10.0 Å². The molecule has 0 amide bonds. The van der Waals surface area contributed by atoms with Crippen molar-refractivity contribution in [3.63, 3.8) is 0 Å². The molecule has 0 aliphatic rings. The Morgan fingerprint density at radius 2 is 1.86 bits per heavy atom. The molecule has 1 atom stereocenters. The Labute approximate surface area is 134 Å². The summed E-state index contributed by atoms with van der Waals surface area (Å²) in [6.45, 7) is 4.71. The van der Waals surface area contributed by atoms with Crippen LogP contribution in [0.15, 0.2) is 29.2 Å². The summed E-state index contributed by atoms with van der Waals surface area (Å²) in [5, 5.41) is 0. The van der Waals surface area contributed by atoms with Crippen molar-refractivity contribution in [2.24, 2.45) is 0 Å². The molecule has 0 spiro atoms. The van der Waals surface area contributed by atoms with Gasteiger partial charge in [0, 0.05) is 18.8 Å². The zero-order chi connectivity index (χ0) is 15.9. The number of nitrogens with zero attached hydrogens (tertiary/aromatic N) is 1. The first kappa shape index (κ1) is 18.3. The molecule has 0 N–H and O–H groups in total. The first-order chi connectivity index (χ1) is 9.97. The summed E-state index contributed by atoms with van der Waals surface area (Å²) in [6, 6.07) is 6.51. The van der Waals surface area contributed by atoms with E-state index in [4.69, 9.17) is 4.74 Å². The highest BCUT2D eigenvalue weighted by molar-refractivity contribution is 7.89. The van der Waals surface area contributed by atoms with Crippen LogP contribution in [0.3, 0.4) is 0 Å². The van der Waals surface area contributed by atoms with Crippen molar-refractivity contribution in [2.45, 2.75) is 44.0 Å². The summed E-state index contributed by atoms with van der Waals surface area (Å²) in [7, 11) is -1.87. The summed E-state index contributed by atoms with van der Waals surface area (Å²) in [5.74, 6) is 1.20. The number of rotatable bonds is 9. The van der Waals surface area contributed by atoms with Crippen LogP contribution in [0.25, 0.3) is 0 Å². The van der Waals surface area contributed by atoms with Gasteiger partial charge >= 0.3 is 0 Å². The van der Waals surface area contributed by atoms with Crippen molar-refractivity contribution in [3.8, 4) is 5.75 Å². The predicted molar refractivity (Wildman–Crippen MR) is 89.7 cm³/mol. The second-order valence-corrected chi connectivity index (χ2v) is 7.30.